The first-order valence-corrected chi connectivity index (χ1v) is 5.97. The smallest absolute Gasteiger partial charge is 0.230 e. The molecule has 96 valence electrons. The van der Waals surface area contributed by atoms with Crippen LogP contribution in [-0.2, 0) is 14.4 Å². The summed E-state index contributed by atoms with van der Waals surface area (Å²) in [5.74, 6) is -0.122. The number of ketones is 1. The summed E-state index contributed by atoms with van der Waals surface area (Å²) in [7, 11) is 0. The average molecular weight is 240 g/mol. The molecular formula is C12H20N2O3. The van der Waals surface area contributed by atoms with Crippen molar-refractivity contribution < 1.29 is 14.4 Å². The molecule has 0 N–H and O–H groups in total. The van der Waals surface area contributed by atoms with E-state index in [4.69, 9.17) is 0 Å². The van der Waals surface area contributed by atoms with Crippen LogP contribution in [0.1, 0.15) is 27.2 Å². The van der Waals surface area contributed by atoms with Gasteiger partial charge in [0.25, 0.3) is 0 Å². The third-order valence-electron chi connectivity index (χ3n) is 2.84. The summed E-state index contributed by atoms with van der Waals surface area (Å²) in [6, 6.07) is 0. The molecule has 0 atom stereocenters. The Balaban J connectivity index is 2.43. The van der Waals surface area contributed by atoms with Crippen molar-refractivity contribution in [3.63, 3.8) is 0 Å². The Bertz CT molecular complexity index is 318. The van der Waals surface area contributed by atoms with Crippen molar-refractivity contribution >= 4 is 17.6 Å². The third-order valence-corrected chi connectivity index (χ3v) is 2.84. The number of carbonyl (C=O) groups is 3. The highest BCUT2D eigenvalue weighted by atomic mass is 16.2. The molecule has 1 rings (SSSR count). The fourth-order valence-corrected chi connectivity index (χ4v) is 1.87. The van der Waals surface area contributed by atoms with E-state index in [2.05, 4.69) is 0 Å². The van der Waals surface area contributed by atoms with Crippen LogP contribution in [0.3, 0.4) is 0 Å². The lowest BCUT2D eigenvalue weighted by Gasteiger charge is -2.35. The molecule has 1 fully saturated rings. The van der Waals surface area contributed by atoms with Gasteiger partial charge in [-0.3, -0.25) is 14.4 Å². The number of nitrogens with zero attached hydrogens (tertiary/aromatic N) is 2. The fourth-order valence-electron chi connectivity index (χ4n) is 1.87. The van der Waals surface area contributed by atoms with Crippen molar-refractivity contribution in [3.8, 4) is 0 Å². The van der Waals surface area contributed by atoms with Gasteiger partial charge in [0.1, 0.15) is 5.78 Å². The average Bonchev–Trinajstić information content (AvgIpc) is 2.27. The van der Waals surface area contributed by atoms with E-state index in [0.29, 0.717) is 26.2 Å². The standard InChI is InChI=1S/C12H20N2O3/c1-9(2)12(17)14-6-4-13(5-7-14)11(16)8-10(3)15/h9H,4-8H2,1-3H3. The van der Waals surface area contributed by atoms with Crippen molar-refractivity contribution in [1.29, 1.82) is 0 Å². The summed E-state index contributed by atoms with van der Waals surface area (Å²) in [4.78, 5) is 37.6. The molecule has 0 aliphatic carbocycles. The highest BCUT2D eigenvalue weighted by Gasteiger charge is 2.25. The molecule has 5 nitrogen and oxygen atoms in total. The third kappa shape index (κ3) is 3.84. The highest BCUT2D eigenvalue weighted by Crippen LogP contribution is 2.08. The van der Waals surface area contributed by atoms with Gasteiger partial charge in [0.2, 0.25) is 11.8 Å². The topological polar surface area (TPSA) is 57.7 Å². The molecule has 0 spiro atoms. The van der Waals surface area contributed by atoms with Crippen LogP contribution in [0.15, 0.2) is 0 Å². The van der Waals surface area contributed by atoms with Crippen molar-refractivity contribution in [2.24, 2.45) is 5.92 Å². The van der Waals surface area contributed by atoms with Gasteiger partial charge in [-0.25, -0.2) is 0 Å². The van der Waals surface area contributed by atoms with E-state index >= 15 is 0 Å². The molecule has 1 aliphatic heterocycles. The molecule has 1 heterocycles. The fraction of sp³-hybridized carbons (Fsp3) is 0.750. The molecule has 2 amide bonds. The van der Waals surface area contributed by atoms with Crippen LogP contribution in [0.5, 0.6) is 0 Å². The van der Waals surface area contributed by atoms with E-state index in [1.807, 2.05) is 13.8 Å². The molecule has 0 aromatic rings. The number of piperazine rings is 1. The number of rotatable bonds is 3. The molecule has 5 heteroatoms. The molecule has 0 radical (unpaired) electrons. The number of hydrogen-bond acceptors (Lipinski definition) is 3. The van der Waals surface area contributed by atoms with Gasteiger partial charge in [0, 0.05) is 32.1 Å². The number of amides is 2. The van der Waals surface area contributed by atoms with Gasteiger partial charge in [-0.05, 0) is 6.92 Å². The maximum Gasteiger partial charge on any atom is 0.230 e. The largest absolute Gasteiger partial charge is 0.339 e. The van der Waals surface area contributed by atoms with E-state index in [-0.39, 0.29) is 29.9 Å². The Labute approximate surface area is 102 Å². The summed E-state index contributed by atoms with van der Waals surface area (Å²) in [5.41, 5.74) is 0. The second-order valence-corrected chi connectivity index (χ2v) is 4.74. The van der Waals surface area contributed by atoms with Gasteiger partial charge < -0.3 is 9.80 Å². The van der Waals surface area contributed by atoms with Crippen molar-refractivity contribution in [1.82, 2.24) is 9.80 Å². The summed E-state index contributed by atoms with van der Waals surface area (Å²) in [5, 5.41) is 0. The van der Waals surface area contributed by atoms with Gasteiger partial charge in [-0.15, -0.1) is 0 Å². The lowest BCUT2D eigenvalue weighted by Crippen LogP contribution is -2.51. The molecule has 1 aliphatic rings. The first kappa shape index (κ1) is 13.7. The normalized spacial score (nSPS) is 16.2. The van der Waals surface area contributed by atoms with Crippen molar-refractivity contribution in [2.75, 3.05) is 26.2 Å². The van der Waals surface area contributed by atoms with Crippen LogP contribution >= 0.6 is 0 Å². The van der Waals surface area contributed by atoms with Crippen LogP contribution in [0.25, 0.3) is 0 Å². The zero-order chi connectivity index (χ0) is 13.0. The second kappa shape index (κ2) is 5.80. The quantitative estimate of drug-likeness (QED) is 0.666. The molecule has 0 aromatic carbocycles. The number of Topliss-reactive ketones (excluding diaryl/α,β-unsaturated/α-hetero) is 1. The molecule has 0 saturated carbocycles. The van der Waals surface area contributed by atoms with Gasteiger partial charge >= 0.3 is 0 Å². The van der Waals surface area contributed by atoms with Crippen molar-refractivity contribution in [3.05, 3.63) is 0 Å². The summed E-state index contributed by atoms with van der Waals surface area (Å²) < 4.78 is 0. The Morgan fingerprint density at radius 1 is 1.00 bits per heavy atom. The second-order valence-electron chi connectivity index (χ2n) is 4.74. The number of hydrogen-bond donors (Lipinski definition) is 0. The summed E-state index contributed by atoms with van der Waals surface area (Å²) in [6.45, 7) is 7.36. The summed E-state index contributed by atoms with van der Waals surface area (Å²) >= 11 is 0. The number of carbonyl (C=O) groups excluding carboxylic acids is 3. The Hall–Kier alpha value is -1.39. The minimum absolute atomic E-state index is 0.00512. The predicted molar refractivity (Wildman–Crippen MR) is 63.3 cm³/mol. The lowest BCUT2D eigenvalue weighted by molar-refractivity contribution is -0.142. The van der Waals surface area contributed by atoms with E-state index in [1.165, 1.54) is 6.92 Å². The van der Waals surface area contributed by atoms with Crippen LogP contribution in [0, 0.1) is 5.92 Å². The van der Waals surface area contributed by atoms with Crippen LogP contribution in [0.2, 0.25) is 0 Å². The van der Waals surface area contributed by atoms with Gasteiger partial charge in [-0.2, -0.15) is 0 Å². The first-order chi connectivity index (χ1) is 7.91. The molecule has 0 bridgehead atoms. The molecule has 0 unspecified atom stereocenters. The van der Waals surface area contributed by atoms with Gasteiger partial charge in [0.05, 0.1) is 6.42 Å². The minimum Gasteiger partial charge on any atom is -0.339 e. The van der Waals surface area contributed by atoms with E-state index < -0.39 is 0 Å². The van der Waals surface area contributed by atoms with Crippen molar-refractivity contribution in [2.45, 2.75) is 27.2 Å². The van der Waals surface area contributed by atoms with E-state index in [0.717, 1.165) is 0 Å². The van der Waals surface area contributed by atoms with Crippen LogP contribution in [-0.4, -0.2) is 53.6 Å². The zero-order valence-electron chi connectivity index (χ0n) is 10.7. The highest BCUT2D eigenvalue weighted by molar-refractivity contribution is 5.96. The first-order valence-electron chi connectivity index (χ1n) is 5.97. The molecule has 17 heavy (non-hydrogen) atoms. The van der Waals surface area contributed by atoms with E-state index in [9.17, 15) is 14.4 Å². The maximum atomic E-state index is 11.7. The van der Waals surface area contributed by atoms with Crippen LogP contribution in [0.4, 0.5) is 0 Å². The van der Waals surface area contributed by atoms with Gasteiger partial charge in [0.15, 0.2) is 0 Å². The van der Waals surface area contributed by atoms with Gasteiger partial charge in [-0.1, -0.05) is 13.8 Å². The molecule has 0 aromatic heterocycles. The lowest BCUT2D eigenvalue weighted by atomic mass is 10.1. The summed E-state index contributed by atoms with van der Waals surface area (Å²) in [6.07, 6.45) is -0.0296. The Kier molecular flexibility index (Phi) is 4.66. The van der Waals surface area contributed by atoms with E-state index in [1.54, 1.807) is 9.80 Å². The van der Waals surface area contributed by atoms with Crippen LogP contribution < -0.4 is 0 Å². The molecule has 1 saturated heterocycles. The Morgan fingerprint density at radius 3 is 1.88 bits per heavy atom. The Morgan fingerprint density at radius 2 is 1.47 bits per heavy atom. The monoisotopic (exact) mass is 240 g/mol. The SMILES string of the molecule is CC(=O)CC(=O)N1CCN(C(=O)C(C)C)CC1. The maximum absolute atomic E-state index is 11.7. The predicted octanol–water partition coefficient (Wildman–Crippen LogP) is 0.292. The minimum atomic E-state index is -0.130. The molecular weight excluding hydrogens is 220 g/mol. The zero-order valence-corrected chi connectivity index (χ0v) is 10.7.